The van der Waals surface area contributed by atoms with Crippen LogP contribution in [0.5, 0.6) is 0 Å². The minimum Gasteiger partial charge on any atom is -0.356 e. The van der Waals surface area contributed by atoms with Crippen molar-refractivity contribution in [3.63, 3.8) is 0 Å². The molecule has 1 amide bonds. The van der Waals surface area contributed by atoms with Gasteiger partial charge in [0.05, 0.1) is 0 Å². The normalized spacial score (nSPS) is 23.4. The van der Waals surface area contributed by atoms with Gasteiger partial charge >= 0.3 is 0 Å². The summed E-state index contributed by atoms with van der Waals surface area (Å²) in [5.74, 6) is 2.75. The van der Waals surface area contributed by atoms with Gasteiger partial charge in [-0.25, -0.2) is 9.97 Å². The fraction of sp³-hybridized carbons (Fsp3) is 0.667. The number of carbonyl (C=O) groups excluding carboxylic acids is 1. The molecule has 1 aromatic heterocycles. The molecule has 1 aromatic rings. The predicted octanol–water partition coefficient (Wildman–Crippen LogP) is 1.62. The van der Waals surface area contributed by atoms with Crippen LogP contribution in [0, 0.1) is 12.8 Å². The van der Waals surface area contributed by atoms with Crippen LogP contribution in [0.3, 0.4) is 0 Å². The average molecular weight is 274 g/mol. The number of aryl methyl sites for hydroxylation is 1. The summed E-state index contributed by atoms with van der Waals surface area (Å²) in [6, 6.07) is 1.98. The molecule has 1 atom stereocenters. The van der Waals surface area contributed by atoms with Gasteiger partial charge in [-0.3, -0.25) is 4.79 Å². The van der Waals surface area contributed by atoms with E-state index in [9.17, 15) is 4.79 Å². The van der Waals surface area contributed by atoms with Crippen LogP contribution in [0.1, 0.15) is 31.5 Å². The average Bonchev–Trinajstić information content (AvgIpc) is 2.85. The lowest BCUT2D eigenvalue weighted by molar-refractivity contribution is -0.128. The fourth-order valence-corrected chi connectivity index (χ4v) is 3.25. The van der Waals surface area contributed by atoms with E-state index in [0.717, 1.165) is 50.7 Å². The van der Waals surface area contributed by atoms with Crippen molar-refractivity contribution in [2.75, 3.05) is 31.1 Å². The maximum Gasteiger partial charge on any atom is 0.222 e. The first-order chi connectivity index (χ1) is 9.72. The number of hydrogen-bond acceptors (Lipinski definition) is 4. The van der Waals surface area contributed by atoms with Gasteiger partial charge in [-0.1, -0.05) is 0 Å². The SMILES string of the molecule is Cc1nccc(N2CCCC(CN3CCCC3=O)C2)n1. The van der Waals surface area contributed by atoms with E-state index in [2.05, 4.69) is 14.9 Å². The topological polar surface area (TPSA) is 49.3 Å². The van der Waals surface area contributed by atoms with Crippen molar-refractivity contribution in [1.29, 1.82) is 0 Å². The number of carbonyl (C=O) groups is 1. The van der Waals surface area contributed by atoms with Crippen molar-refractivity contribution in [3.05, 3.63) is 18.1 Å². The summed E-state index contributed by atoms with van der Waals surface area (Å²) < 4.78 is 0. The van der Waals surface area contributed by atoms with Crippen molar-refractivity contribution >= 4 is 11.7 Å². The van der Waals surface area contributed by atoms with E-state index in [4.69, 9.17) is 0 Å². The highest BCUT2D eigenvalue weighted by Gasteiger charge is 2.27. The highest BCUT2D eigenvalue weighted by Crippen LogP contribution is 2.23. The van der Waals surface area contributed by atoms with Gasteiger partial charge in [-0.15, -0.1) is 0 Å². The maximum absolute atomic E-state index is 11.7. The van der Waals surface area contributed by atoms with E-state index in [0.29, 0.717) is 11.8 Å². The minimum absolute atomic E-state index is 0.333. The molecule has 2 aliphatic rings. The Morgan fingerprint density at radius 2 is 2.25 bits per heavy atom. The van der Waals surface area contributed by atoms with Crippen LogP contribution in [-0.2, 0) is 4.79 Å². The second-order valence-corrected chi connectivity index (χ2v) is 5.86. The van der Waals surface area contributed by atoms with Crippen molar-refractivity contribution in [2.45, 2.75) is 32.6 Å². The van der Waals surface area contributed by atoms with E-state index >= 15 is 0 Å². The number of piperidine rings is 1. The lowest BCUT2D eigenvalue weighted by Gasteiger charge is -2.35. The Hall–Kier alpha value is -1.65. The van der Waals surface area contributed by atoms with Gasteiger partial charge in [0, 0.05) is 38.8 Å². The Labute approximate surface area is 120 Å². The van der Waals surface area contributed by atoms with Gasteiger partial charge in [0.2, 0.25) is 5.91 Å². The van der Waals surface area contributed by atoms with Gasteiger partial charge < -0.3 is 9.80 Å². The highest BCUT2D eigenvalue weighted by molar-refractivity contribution is 5.78. The van der Waals surface area contributed by atoms with E-state index in [-0.39, 0.29) is 0 Å². The fourth-order valence-electron chi connectivity index (χ4n) is 3.25. The van der Waals surface area contributed by atoms with E-state index < -0.39 is 0 Å². The molecular weight excluding hydrogens is 252 g/mol. The number of anilines is 1. The van der Waals surface area contributed by atoms with E-state index in [1.165, 1.54) is 12.8 Å². The summed E-state index contributed by atoms with van der Waals surface area (Å²) >= 11 is 0. The lowest BCUT2D eigenvalue weighted by Crippen LogP contribution is -2.41. The van der Waals surface area contributed by atoms with Crippen molar-refractivity contribution in [2.24, 2.45) is 5.92 Å². The van der Waals surface area contributed by atoms with Crippen LogP contribution in [-0.4, -0.2) is 47.0 Å². The third-order valence-corrected chi connectivity index (χ3v) is 4.25. The summed E-state index contributed by atoms with van der Waals surface area (Å²) in [5.41, 5.74) is 0. The van der Waals surface area contributed by atoms with Crippen LogP contribution < -0.4 is 4.90 Å². The highest BCUT2D eigenvalue weighted by atomic mass is 16.2. The Bertz CT molecular complexity index is 491. The molecule has 0 saturated carbocycles. The van der Waals surface area contributed by atoms with Gasteiger partial charge in [0.15, 0.2) is 0 Å². The molecule has 0 aromatic carbocycles. The maximum atomic E-state index is 11.7. The number of hydrogen-bond donors (Lipinski definition) is 0. The molecule has 0 aliphatic carbocycles. The number of aromatic nitrogens is 2. The molecule has 5 nitrogen and oxygen atoms in total. The first-order valence-electron chi connectivity index (χ1n) is 7.55. The molecule has 0 N–H and O–H groups in total. The predicted molar refractivity (Wildman–Crippen MR) is 77.5 cm³/mol. The number of nitrogens with zero attached hydrogens (tertiary/aromatic N) is 4. The number of rotatable bonds is 3. The third-order valence-electron chi connectivity index (χ3n) is 4.25. The molecule has 0 bridgehead atoms. The molecule has 3 heterocycles. The molecule has 3 rings (SSSR count). The second kappa shape index (κ2) is 5.77. The molecule has 0 radical (unpaired) electrons. The Kier molecular flexibility index (Phi) is 3.85. The van der Waals surface area contributed by atoms with Crippen LogP contribution in [0.2, 0.25) is 0 Å². The quantitative estimate of drug-likeness (QED) is 0.840. The second-order valence-electron chi connectivity index (χ2n) is 5.86. The molecule has 2 saturated heterocycles. The van der Waals surface area contributed by atoms with Crippen LogP contribution in [0.15, 0.2) is 12.3 Å². The zero-order valence-electron chi connectivity index (χ0n) is 12.1. The third kappa shape index (κ3) is 2.92. The smallest absolute Gasteiger partial charge is 0.222 e. The van der Waals surface area contributed by atoms with Crippen LogP contribution in [0.4, 0.5) is 5.82 Å². The molecule has 108 valence electrons. The summed E-state index contributed by atoms with van der Waals surface area (Å²) in [4.78, 5) is 24.8. The lowest BCUT2D eigenvalue weighted by atomic mass is 9.97. The summed E-state index contributed by atoms with van der Waals surface area (Å²) in [6.45, 7) is 5.84. The van der Waals surface area contributed by atoms with Crippen molar-refractivity contribution < 1.29 is 4.79 Å². The molecule has 0 spiro atoms. The molecule has 5 heteroatoms. The summed E-state index contributed by atoms with van der Waals surface area (Å²) in [6.07, 6.45) is 5.98. The van der Waals surface area contributed by atoms with Crippen LogP contribution >= 0.6 is 0 Å². The Morgan fingerprint density at radius 3 is 3.00 bits per heavy atom. The largest absolute Gasteiger partial charge is 0.356 e. The summed E-state index contributed by atoms with van der Waals surface area (Å²) in [7, 11) is 0. The molecule has 2 aliphatic heterocycles. The van der Waals surface area contributed by atoms with E-state index in [1.54, 1.807) is 0 Å². The van der Waals surface area contributed by atoms with Crippen molar-refractivity contribution in [1.82, 2.24) is 14.9 Å². The first kappa shape index (κ1) is 13.3. The molecule has 1 unspecified atom stereocenters. The standard InChI is InChI=1S/C15H22N4O/c1-12-16-7-6-14(17-12)18-8-2-4-13(10-18)11-19-9-3-5-15(19)20/h6-7,13H,2-5,8-11H2,1H3. The summed E-state index contributed by atoms with van der Waals surface area (Å²) in [5, 5.41) is 0. The number of likely N-dealkylation sites (tertiary alicyclic amines) is 1. The van der Waals surface area contributed by atoms with Gasteiger partial charge in [-0.2, -0.15) is 0 Å². The Morgan fingerprint density at radius 1 is 1.35 bits per heavy atom. The monoisotopic (exact) mass is 274 g/mol. The molecular formula is C15H22N4O. The zero-order valence-corrected chi connectivity index (χ0v) is 12.1. The van der Waals surface area contributed by atoms with E-state index in [1.807, 2.05) is 24.1 Å². The van der Waals surface area contributed by atoms with Crippen LogP contribution in [0.25, 0.3) is 0 Å². The molecule has 20 heavy (non-hydrogen) atoms. The van der Waals surface area contributed by atoms with Crippen molar-refractivity contribution in [3.8, 4) is 0 Å². The van der Waals surface area contributed by atoms with Gasteiger partial charge in [0.25, 0.3) is 0 Å². The number of amides is 1. The zero-order chi connectivity index (χ0) is 13.9. The van der Waals surface area contributed by atoms with Gasteiger partial charge in [-0.05, 0) is 38.2 Å². The minimum atomic E-state index is 0.333. The Balaban J connectivity index is 1.63. The van der Waals surface area contributed by atoms with Gasteiger partial charge in [0.1, 0.15) is 11.6 Å². The molecule has 2 fully saturated rings. The first-order valence-corrected chi connectivity index (χ1v) is 7.55.